The van der Waals surface area contributed by atoms with Crippen molar-refractivity contribution in [2.45, 2.75) is 6.18 Å². The Morgan fingerprint density at radius 1 is 1.08 bits per heavy atom. The number of rotatable bonds is 3. The Morgan fingerprint density at radius 2 is 1.76 bits per heavy atom. The van der Waals surface area contributed by atoms with E-state index in [9.17, 15) is 18.0 Å². The average Bonchev–Trinajstić information content (AvgIpc) is 3.02. The standard InChI is InChI=1S/C16H10ClF3N4O/c17-12-7-3-4-8-13(12)24-21-9-14(23-24)22-15(25)10-5-1-2-6-11(10)16(18,19)20/h1-9H,(H,22,23,25). The van der Waals surface area contributed by atoms with Crippen LogP contribution < -0.4 is 5.32 Å². The first-order valence-electron chi connectivity index (χ1n) is 7.01. The lowest BCUT2D eigenvalue weighted by Crippen LogP contribution is -2.19. The first-order chi connectivity index (χ1) is 11.9. The molecular weight excluding hydrogens is 357 g/mol. The van der Waals surface area contributed by atoms with Crippen LogP contribution in [0.3, 0.4) is 0 Å². The molecule has 0 bridgehead atoms. The molecule has 0 fully saturated rings. The second-order valence-electron chi connectivity index (χ2n) is 4.97. The zero-order valence-corrected chi connectivity index (χ0v) is 13.2. The average molecular weight is 367 g/mol. The van der Waals surface area contributed by atoms with Crippen LogP contribution in [0.2, 0.25) is 5.02 Å². The highest BCUT2D eigenvalue weighted by molar-refractivity contribution is 6.32. The van der Waals surface area contributed by atoms with E-state index < -0.39 is 23.2 Å². The van der Waals surface area contributed by atoms with Gasteiger partial charge in [-0.2, -0.15) is 18.3 Å². The number of alkyl halides is 3. The van der Waals surface area contributed by atoms with Crippen LogP contribution in [0.5, 0.6) is 0 Å². The minimum atomic E-state index is -4.64. The first kappa shape index (κ1) is 17.0. The predicted molar refractivity (Wildman–Crippen MR) is 85.8 cm³/mol. The lowest BCUT2D eigenvalue weighted by Gasteiger charge is -2.11. The molecule has 0 aliphatic heterocycles. The molecule has 25 heavy (non-hydrogen) atoms. The van der Waals surface area contributed by atoms with Crippen molar-refractivity contribution in [3.8, 4) is 5.69 Å². The van der Waals surface area contributed by atoms with E-state index in [-0.39, 0.29) is 5.82 Å². The number of halogens is 4. The first-order valence-corrected chi connectivity index (χ1v) is 7.39. The van der Waals surface area contributed by atoms with E-state index in [1.54, 1.807) is 24.3 Å². The monoisotopic (exact) mass is 366 g/mol. The summed E-state index contributed by atoms with van der Waals surface area (Å²) in [5, 5.41) is 10.6. The summed E-state index contributed by atoms with van der Waals surface area (Å²) in [6, 6.07) is 11.3. The number of hydrogen-bond donors (Lipinski definition) is 1. The Kier molecular flexibility index (Phi) is 4.45. The van der Waals surface area contributed by atoms with Gasteiger partial charge in [-0.1, -0.05) is 35.9 Å². The third-order valence-electron chi connectivity index (χ3n) is 3.28. The molecule has 0 spiro atoms. The fraction of sp³-hybridized carbons (Fsp3) is 0.0625. The number of benzene rings is 2. The van der Waals surface area contributed by atoms with Gasteiger partial charge in [0, 0.05) is 0 Å². The topological polar surface area (TPSA) is 59.8 Å². The fourth-order valence-corrected chi connectivity index (χ4v) is 2.37. The smallest absolute Gasteiger partial charge is 0.304 e. The SMILES string of the molecule is O=C(Nc1cnn(-c2ccccc2Cl)n1)c1ccccc1C(F)(F)F. The number of nitrogens with zero attached hydrogens (tertiary/aromatic N) is 3. The molecule has 1 amide bonds. The van der Waals surface area contributed by atoms with Gasteiger partial charge in [-0.05, 0) is 24.3 Å². The molecule has 1 N–H and O–H groups in total. The van der Waals surface area contributed by atoms with Crippen molar-refractivity contribution < 1.29 is 18.0 Å². The van der Waals surface area contributed by atoms with Gasteiger partial charge in [0.25, 0.3) is 5.91 Å². The maximum absolute atomic E-state index is 13.0. The van der Waals surface area contributed by atoms with Gasteiger partial charge in [-0.3, -0.25) is 4.79 Å². The summed E-state index contributed by atoms with van der Waals surface area (Å²) in [6.45, 7) is 0. The molecule has 0 saturated carbocycles. The van der Waals surface area contributed by atoms with E-state index >= 15 is 0 Å². The molecule has 128 valence electrons. The van der Waals surface area contributed by atoms with Crippen molar-refractivity contribution in [2.75, 3.05) is 5.32 Å². The zero-order chi connectivity index (χ0) is 18.0. The van der Waals surface area contributed by atoms with Crippen LogP contribution in [0.15, 0.2) is 54.7 Å². The minimum Gasteiger partial charge on any atom is -0.304 e. The number of hydrogen-bond acceptors (Lipinski definition) is 3. The van der Waals surface area contributed by atoms with Crippen LogP contribution in [-0.2, 0) is 6.18 Å². The van der Waals surface area contributed by atoms with Crippen molar-refractivity contribution in [1.29, 1.82) is 0 Å². The van der Waals surface area contributed by atoms with Crippen molar-refractivity contribution in [3.63, 3.8) is 0 Å². The summed E-state index contributed by atoms with van der Waals surface area (Å²) >= 11 is 6.03. The molecule has 0 unspecified atom stereocenters. The normalized spacial score (nSPS) is 11.4. The Labute approximate surface area is 145 Å². The third-order valence-corrected chi connectivity index (χ3v) is 3.60. The maximum Gasteiger partial charge on any atom is 0.417 e. The number of para-hydroxylation sites is 1. The molecule has 3 aromatic rings. The number of nitrogens with one attached hydrogen (secondary N) is 1. The molecule has 0 atom stereocenters. The molecule has 1 heterocycles. The number of carbonyl (C=O) groups excluding carboxylic acids is 1. The van der Waals surface area contributed by atoms with E-state index in [4.69, 9.17) is 11.6 Å². The van der Waals surface area contributed by atoms with Crippen LogP contribution >= 0.6 is 11.6 Å². The molecule has 2 aromatic carbocycles. The van der Waals surface area contributed by atoms with Crippen molar-refractivity contribution in [2.24, 2.45) is 0 Å². The molecule has 5 nitrogen and oxygen atoms in total. The van der Waals surface area contributed by atoms with Crippen molar-refractivity contribution in [3.05, 3.63) is 70.9 Å². The van der Waals surface area contributed by atoms with Gasteiger partial charge in [-0.25, -0.2) is 0 Å². The van der Waals surface area contributed by atoms with Crippen LogP contribution in [0, 0.1) is 0 Å². The Hall–Kier alpha value is -2.87. The Balaban J connectivity index is 1.85. The molecule has 0 aliphatic rings. The second kappa shape index (κ2) is 6.56. The predicted octanol–water partition coefficient (Wildman–Crippen LogP) is 4.19. The second-order valence-corrected chi connectivity index (χ2v) is 5.38. The highest BCUT2D eigenvalue weighted by Crippen LogP contribution is 2.32. The zero-order valence-electron chi connectivity index (χ0n) is 12.5. The highest BCUT2D eigenvalue weighted by Gasteiger charge is 2.34. The third kappa shape index (κ3) is 3.63. The van der Waals surface area contributed by atoms with Crippen LogP contribution in [0.1, 0.15) is 15.9 Å². The van der Waals surface area contributed by atoms with Gasteiger partial charge in [0.2, 0.25) is 0 Å². The van der Waals surface area contributed by atoms with Gasteiger partial charge >= 0.3 is 6.18 Å². The molecule has 9 heteroatoms. The summed E-state index contributed by atoms with van der Waals surface area (Å²) in [4.78, 5) is 13.4. The quantitative estimate of drug-likeness (QED) is 0.756. The number of carbonyl (C=O) groups is 1. The Morgan fingerprint density at radius 3 is 2.48 bits per heavy atom. The summed E-state index contributed by atoms with van der Waals surface area (Å²) < 4.78 is 39.0. The molecule has 0 aliphatic carbocycles. The molecule has 3 rings (SSSR count). The molecule has 0 saturated heterocycles. The summed E-state index contributed by atoms with van der Waals surface area (Å²) in [7, 11) is 0. The summed E-state index contributed by atoms with van der Waals surface area (Å²) in [5.74, 6) is -0.930. The number of amides is 1. The lowest BCUT2D eigenvalue weighted by molar-refractivity contribution is -0.137. The van der Waals surface area contributed by atoms with E-state index in [1.165, 1.54) is 23.1 Å². The van der Waals surface area contributed by atoms with E-state index in [0.29, 0.717) is 10.7 Å². The lowest BCUT2D eigenvalue weighted by atomic mass is 10.1. The van der Waals surface area contributed by atoms with Crippen LogP contribution in [0.4, 0.5) is 19.0 Å². The molecule has 0 radical (unpaired) electrons. The van der Waals surface area contributed by atoms with Crippen LogP contribution in [-0.4, -0.2) is 20.9 Å². The van der Waals surface area contributed by atoms with Gasteiger partial charge in [0.05, 0.1) is 22.3 Å². The summed E-state index contributed by atoms with van der Waals surface area (Å²) in [6.07, 6.45) is -3.42. The molecular formula is C16H10ClF3N4O. The maximum atomic E-state index is 13.0. The molecule has 1 aromatic heterocycles. The largest absolute Gasteiger partial charge is 0.417 e. The minimum absolute atomic E-state index is 0.00176. The van der Waals surface area contributed by atoms with E-state index in [1.807, 2.05) is 0 Å². The van der Waals surface area contributed by atoms with Crippen LogP contribution in [0.25, 0.3) is 5.69 Å². The van der Waals surface area contributed by atoms with Gasteiger partial charge in [0.1, 0.15) is 5.69 Å². The van der Waals surface area contributed by atoms with E-state index in [0.717, 1.165) is 12.1 Å². The van der Waals surface area contributed by atoms with Gasteiger partial charge in [0.15, 0.2) is 5.82 Å². The van der Waals surface area contributed by atoms with Crippen molar-refractivity contribution in [1.82, 2.24) is 15.0 Å². The number of aromatic nitrogens is 3. The summed E-state index contributed by atoms with van der Waals surface area (Å²) in [5.41, 5.74) is -1.05. The Bertz CT molecular complexity index is 923. The van der Waals surface area contributed by atoms with Crippen molar-refractivity contribution >= 4 is 23.3 Å². The fourth-order valence-electron chi connectivity index (χ4n) is 2.16. The number of anilines is 1. The highest BCUT2D eigenvalue weighted by atomic mass is 35.5. The van der Waals surface area contributed by atoms with Gasteiger partial charge < -0.3 is 5.32 Å². The van der Waals surface area contributed by atoms with E-state index in [2.05, 4.69) is 15.5 Å². The van der Waals surface area contributed by atoms with Gasteiger partial charge in [-0.15, -0.1) is 9.90 Å².